The van der Waals surface area contributed by atoms with Crippen LogP contribution in [0.25, 0.3) is 0 Å². The zero-order chi connectivity index (χ0) is 12.5. The third-order valence-electron chi connectivity index (χ3n) is 4.17. The number of rotatable bonds is 5. The van der Waals surface area contributed by atoms with Gasteiger partial charge in [0.05, 0.1) is 11.2 Å². The van der Waals surface area contributed by atoms with Crippen LogP contribution in [0.4, 0.5) is 0 Å². The molecule has 1 aliphatic carbocycles. The number of hydrogen-bond acceptors (Lipinski definition) is 3. The molecule has 1 atom stereocenters. The van der Waals surface area contributed by atoms with Crippen molar-refractivity contribution >= 4 is 11.3 Å². The van der Waals surface area contributed by atoms with E-state index < -0.39 is 0 Å². The van der Waals surface area contributed by atoms with Crippen LogP contribution < -0.4 is 5.32 Å². The van der Waals surface area contributed by atoms with Gasteiger partial charge >= 0.3 is 0 Å². The minimum atomic E-state index is 0.0773. The third kappa shape index (κ3) is 2.55. The Bertz CT molecular complexity index is 382. The Morgan fingerprint density at radius 2 is 2.18 bits per heavy atom. The molecule has 1 aliphatic rings. The number of thiazole rings is 1. The number of nitrogens with one attached hydrogen (secondary N) is 1. The molecule has 17 heavy (non-hydrogen) atoms. The normalized spacial score (nSPS) is 20.0. The summed E-state index contributed by atoms with van der Waals surface area (Å²) in [6.07, 6.45) is 6.51. The van der Waals surface area contributed by atoms with E-state index in [2.05, 4.69) is 33.1 Å². The SMILES string of the molecule is CCc1nc(C(C)(CC2CCC2)NC)sc1C. The Morgan fingerprint density at radius 3 is 2.59 bits per heavy atom. The van der Waals surface area contributed by atoms with Crippen molar-refractivity contribution < 1.29 is 0 Å². The molecule has 3 heteroatoms. The van der Waals surface area contributed by atoms with Crippen LogP contribution in [0.1, 0.15) is 55.1 Å². The van der Waals surface area contributed by atoms with Gasteiger partial charge in [-0.1, -0.05) is 26.2 Å². The van der Waals surface area contributed by atoms with Crippen molar-refractivity contribution in [2.24, 2.45) is 5.92 Å². The molecule has 1 aromatic rings. The van der Waals surface area contributed by atoms with Gasteiger partial charge in [0.15, 0.2) is 0 Å². The van der Waals surface area contributed by atoms with Gasteiger partial charge in [0.25, 0.3) is 0 Å². The summed E-state index contributed by atoms with van der Waals surface area (Å²) in [5.41, 5.74) is 1.36. The molecule has 0 aliphatic heterocycles. The lowest BCUT2D eigenvalue weighted by molar-refractivity contribution is 0.211. The Morgan fingerprint density at radius 1 is 1.47 bits per heavy atom. The molecule has 1 aromatic heterocycles. The maximum absolute atomic E-state index is 4.84. The van der Waals surface area contributed by atoms with Crippen molar-refractivity contribution in [2.75, 3.05) is 7.05 Å². The highest BCUT2D eigenvalue weighted by molar-refractivity contribution is 7.11. The summed E-state index contributed by atoms with van der Waals surface area (Å²) in [7, 11) is 2.07. The van der Waals surface area contributed by atoms with Gasteiger partial charge in [0.1, 0.15) is 5.01 Å². The smallest absolute Gasteiger partial charge is 0.113 e. The predicted molar refractivity (Wildman–Crippen MR) is 74.6 cm³/mol. The zero-order valence-corrected chi connectivity index (χ0v) is 12.3. The molecule has 1 N–H and O–H groups in total. The van der Waals surface area contributed by atoms with Gasteiger partial charge in [-0.05, 0) is 39.7 Å². The Labute approximate surface area is 109 Å². The average Bonchev–Trinajstić information content (AvgIpc) is 2.65. The Balaban J connectivity index is 2.19. The van der Waals surface area contributed by atoms with Gasteiger partial charge in [-0.3, -0.25) is 0 Å². The van der Waals surface area contributed by atoms with Crippen LogP contribution in [0, 0.1) is 12.8 Å². The lowest BCUT2D eigenvalue weighted by Gasteiger charge is -2.35. The first-order valence-corrected chi connectivity index (χ1v) is 7.56. The van der Waals surface area contributed by atoms with Crippen molar-refractivity contribution in [3.8, 4) is 0 Å². The standard InChI is InChI=1S/C14H24N2S/c1-5-12-10(2)17-13(16-12)14(3,15-4)9-11-7-6-8-11/h11,15H,5-9H2,1-4H3. The van der Waals surface area contributed by atoms with E-state index in [0.717, 1.165) is 12.3 Å². The highest BCUT2D eigenvalue weighted by Gasteiger charge is 2.33. The molecule has 0 aromatic carbocycles. The van der Waals surface area contributed by atoms with E-state index >= 15 is 0 Å². The summed E-state index contributed by atoms with van der Waals surface area (Å²) < 4.78 is 0. The van der Waals surface area contributed by atoms with Gasteiger partial charge < -0.3 is 5.32 Å². The monoisotopic (exact) mass is 252 g/mol. The highest BCUT2D eigenvalue weighted by atomic mass is 32.1. The summed E-state index contributed by atoms with van der Waals surface area (Å²) in [6.45, 7) is 6.69. The van der Waals surface area contributed by atoms with Gasteiger partial charge in [-0.25, -0.2) is 4.98 Å². The quantitative estimate of drug-likeness (QED) is 0.865. The molecular weight excluding hydrogens is 228 g/mol. The molecular formula is C14H24N2S. The summed E-state index contributed by atoms with van der Waals surface area (Å²) in [4.78, 5) is 6.23. The van der Waals surface area contributed by atoms with Crippen LogP contribution in [0.15, 0.2) is 0 Å². The second-order valence-electron chi connectivity index (χ2n) is 5.46. The molecule has 1 saturated carbocycles. The van der Waals surface area contributed by atoms with Crippen LogP contribution in [0.2, 0.25) is 0 Å². The molecule has 2 rings (SSSR count). The maximum atomic E-state index is 4.84. The summed E-state index contributed by atoms with van der Waals surface area (Å²) in [5, 5.41) is 4.79. The molecule has 0 spiro atoms. The minimum Gasteiger partial charge on any atom is -0.309 e. The molecule has 0 saturated heterocycles. The van der Waals surface area contributed by atoms with Crippen molar-refractivity contribution in [1.82, 2.24) is 10.3 Å². The molecule has 0 bridgehead atoms. The van der Waals surface area contributed by atoms with E-state index in [1.165, 1.54) is 41.3 Å². The number of hydrogen-bond donors (Lipinski definition) is 1. The van der Waals surface area contributed by atoms with Crippen molar-refractivity contribution in [2.45, 2.75) is 58.4 Å². The Hall–Kier alpha value is -0.410. The lowest BCUT2D eigenvalue weighted by atomic mass is 9.77. The fourth-order valence-corrected chi connectivity index (χ4v) is 3.73. The first-order chi connectivity index (χ1) is 8.09. The molecule has 96 valence electrons. The minimum absolute atomic E-state index is 0.0773. The first kappa shape index (κ1) is 13.0. The molecule has 1 fully saturated rings. The van der Waals surface area contributed by atoms with E-state index in [1.54, 1.807) is 0 Å². The average molecular weight is 252 g/mol. The molecule has 0 radical (unpaired) electrons. The first-order valence-electron chi connectivity index (χ1n) is 6.74. The van der Waals surface area contributed by atoms with E-state index in [4.69, 9.17) is 4.98 Å². The Kier molecular flexibility index (Phi) is 3.88. The van der Waals surface area contributed by atoms with Crippen molar-refractivity contribution in [3.63, 3.8) is 0 Å². The second kappa shape index (κ2) is 5.07. The summed E-state index contributed by atoms with van der Waals surface area (Å²) in [6, 6.07) is 0. The summed E-state index contributed by atoms with van der Waals surface area (Å²) in [5.74, 6) is 0.904. The molecule has 1 unspecified atom stereocenters. The topological polar surface area (TPSA) is 24.9 Å². The zero-order valence-electron chi connectivity index (χ0n) is 11.5. The van der Waals surface area contributed by atoms with E-state index in [1.807, 2.05) is 11.3 Å². The summed E-state index contributed by atoms with van der Waals surface area (Å²) >= 11 is 1.87. The van der Waals surface area contributed by atoms with E-state index in [-0.39, 0.29) is 5.54 Å². The van der Waals surface area contributed by atoms with Crippen molar-refractivity contribution in [3.05, 3.63) is 15.6 Å². The predicted octanol–water partition coefficient (Wildman–Crippen LogP) is 3.64. The fraction of sp³-hybridized carbons (Fsp3) is 0.786. The van der Waals surface area contributed by atoms with Crippen LogP contribution in [0.3, 0.4) is 0 Å². The molecule has 0 amide bonds. The van der Waals surface area contributed by atoms with Crippen LogP contribution in [-0.4, -0.2) is 12.0 Å². The number of nitrogens with zero attached hydrogens (tertiary/aromatic N) is 1. The number of aryl methyl sites for hydroxylation is 2. The van der Waals surface area contributed by atoms with Crippen LogP contribution in [-0.2, 0) is 12.0 Å². The third-order valence-corrected chi connectivity index (χ3v) is 5.45. The second-order valence-corrected chi connectivity index (χ2v) is 6.66. The fourth-order valence-electron chi connectivity index (χ4n) is 2.56. The molecule has 2 nitrogen and oxygen atoms in total. The highest BCUT2D eigenvalue weighted by Crippen LogP contribution is 2.39. The largest absolute Gasteiger partial charge is 0.309 e. The van der Waals surface area contributed by atoms with Crippen LogP contribution >= 0.6 is 11.3 Å². The van der Waals surface area contributed by atoms with Gasteiger partial charge in [-0.2, -0.15) is 0 Å². The number of aromatic nitrogens is 1. The van der Waals surface area contributed by atoms with Gasteiger partial charge in [-0.15, -0.1) is 11.3 Å². The maximum Gasteiger partial charge on any atom is 0.113 e. The van der Waals surface area contributed by atoms with E-state index in [9.17, 15) is 0 Å². The van der Waals surface area contributed by atoms with Crippen LogP contribution in [0.5, 0.6) is 0 Å². The lowest BCUT2D eigenvalue weighted by Crippen LogP contribution is -2.39. The van der Waals surface area contributed by atoms with E-state index in [0.29, 0.717) is 0 Å². The van der Waals surface area contributed by atoms with Crippen molar-refractivity contribution in [1.29, 1.82) is 0 Å². The van der Waals surface area contributed by atoms with Gasteiger partial charge in [0, 0.05) is 4.88 Å². The molecule has 1 heterocycles. The van der Waals surface area contributed by atoms with Gasteiger partial charge in [0.2, 0.25) is 0 Å².